The molecule has 0 aromatic heterocycles. The van der Waals surface area contributed by atoms with Crippen molar-refractivity contribution in [1.29, 1.82) is 0 Å². The fourth-order valence-corrected chi connectivity index (χ4v) is 0. The van der Waals surface area contributed by atoms with Crippen LogP contribution >= 0.6 is 0 Å². The summed E-state index contributed by atoms with van der Waals surface area (Å²) in [6, 6.07) is 0. The Morgan fingerprint density at radius 3 is 0.600 bits per heavy atom. The van der Waals surface area contributed by atoms with E-state index in [4.69, 9.17) is 30.1 Å². The van der Waals surface area contributed by atoms with Crippen molar-refractivity contribution in [1.82, 2.24) is 0 Å². The van der Waals surface area contributed by atoms with E-state index in [1.807, 2.05) is 0 Å². The van der Waals surface area contributed by atoms with Gasteiger partial charge in [0.25, 0.3) is 0 Å². The van der Waals surface area contributed by atoms with Crippen LogP contribution in [0.5, 0.6) is 0 Å². The van der Waals surface area contributed by atoms with Gasteiger partial charge < -0.3 is 30.1 Å². The summed E-state index contributed by atoms with van der Waals surface area (Å²) < 4.78 is 0. The van der Waals surface area contributed by atoms with Crippen LogP contribution in [0.3, 0.4) is 0 Å². The molecule has 0 bridgehead atoms. The summed E-state index contributed by atoms with van der Waals surface area (Å²) in [7, 11) is -5.83. The van der Waals surface area contributed by atoms with E-state index >= 15 is 0 Å². The molecule has 0 heterocycles. The molecule has 0 amide bonds. The molecule has 0 rings (SSSR count). The first kappa shape index (κ1) is 22.8. The molecule has 0 aliphatic carbocycles. The molecule has 0 unspecified atom stereocenters. The van der Waals surface area contributed by atoms with Crippen LogP contribution in [0.2, 0.25) is 0 Å². The molecule has 0 radical (unpaired) electrons. The summed E-state index contributed by atoms with van der Waals surface area (Å²) in [5.74, 6) is 0. The third-order valence-electron chi connectivity index (χ3n) is 0. The van der Waals surface area contributed by atoms with Gasteiger partial charge in [-0.15, -0.1) is 0 Å². The van der Waals surface area contributed by atoms with Crippen molar-refractivity contribution < 1.29 is 56.3 Å². The molecular formula is B2BaO6Zr. The van der Waals surface area contributed by atoms with Gasteiger partial charge in [0.05, 0.1) is 0 Å². The monoisotopic (exact) mass is 346 g/mol. The molecule has 0 saturated carbocycles. The van der Waals surface area contributed by atoms with Gasteiger partial charge in [-0.05, 0) is 0 Å². The standard InChI is InChI=1S/2BO3.Ba.Zr/c2*2-1(3)4;;/q2*-3;+2;+4. The second-order valence-corrected chi connectivity index (χ2v) is 0.577. The number of hydrogen-bond donors (Lipinski definition) is 0. The van der Waals surface area contributed by atoms with E-state index in [0.29, 0.717) is 0 Å². The molecule has 0 aliphatic rings. The van der Waals surface area contributed by atoms with E-state index < -0.39 is 14.6 Å². The van der Waals surface area contributed by atoms with Gasteiger partial charge in [-0.3, -0.25) is 14.6 Å². The van der Waals surface area contributed by atoms with Crippen molar-refractivity contribution in [3.8, 4) is 0 Å². The topological polar surface area (TPSA) is 138 Å². The Kier molecular flexibility index (Phi) is 39.8. The second-order valence-electron chi connectivity index (χ2n) is 0.577. The van der Waals surface area contributed by atoms with E-state index in [1.165, 1.54) is 0 Å². The molecular weight excluding hydrogens is 346 g/mol. The normalized spacial score (nSPS) is 5.40. The van der Waals surface area contributed by atoms with E-state index in [2.05, 4.69) is 0 Å². The number of hydrogen-bond acceptors (Lipinski definition) is 6. The summed E-state index contributed by atoms with van der Waals surface area (Å²) >= 11 is 0. The second kappa shape index (κ2) is 17.4. The van der Waals surface area contributed by atoms with Gasteiger partial charge in [-0.25, -0.2) is 0 Å². The average molecular weight is 346 g/mol. The Hall–Kier alpha value is 2.34. The molecule has 0 N–H and O–H groups in total. The molecule has 0 saturated heterocycles. The zero-order valence-corrected chi connectivity index (χ0v) is 11.7. The maximum Gasteiger partial charge on any atom is 4.00 e. The molecule has 0 spiro atoms. The molecule has 10 heavy (non-hydrogen) atoms. The van der Waals surface area contributed by atoms with E-state index in [0.717, 1.165) is 0 Å². The SMILES string of the molecule is [Ba+2].[O-]B([O-])[O-].[O-]B([O-])[O-].[Zr+4]. The van der Waals surface area contributed by atoms with Crippen molar-refractivity contribution in [2.75, 3.05) is 0 Å². The predicted octanol–water partition coefficient (Wildman–Crippen LogP) is -8.28. The van der Waals surface area contributed by atoms with Gasteiger partial charge in [0.2, 0.25) is 0 Å². The van der Waals surface area contributed by atoms with Gasteiger partial charge >= 0.3 is 75.1 Å². The van der Waals surface area contributed by atoms with Crippen LogP contribution in [-0.4, -0.2) is 63.5 Å². The maximum atomic E-state index is 8.42. The van der Waals surface area contributed by atoms with Crippen LogP contribution in [0.25, 0.3) is 0 Å². The molecule has 0 aromatic rings. The first-order valence-electron chi connectivity index (χ1n) is 1.41. The van der Waals surface area contributed by atoms with Crippen LogP contribution in [0.1, 0.15) is 0 Å². The van der Waals surface area contributed by atoms with Gasteiger partial charge in [0, 0.05) is 0 Å². The van der Waals surface area contributed by atoms with E-state index in [-0.39, 0.29) is 75.1 Å². The zero-order chi connectivity index (χ0) is 7.15. The van der Waals surface area contributed by atoms with E-state index in [1.54, 1.807) is 0 Å². The van der Waals surface area contributed by atoms with Crippen LogP contribution in [0.15, 0.2) is 0 Å². The minimum absolute atomic E-state index is 0. The molecule has 10 heteroatoms. The maximum absolute atomic E-state index is 8.42. The summed E-state index contributed by atoms with van der Waals surface area (Å²) in [6.07, 6.45) is 0. The quantitative estimate of drug-likeness (QED) is 0.399. The van der Waals surface area contributed by atoms with Crippen LogP contribution in [0, 0.1) is 0 Å². The summed E-state index contributed by atoms with van der Waals surface area (Å²) in [5.41, 5.74) is 0. The summed E-state index contributed by atoms with van der Waals surface area (Å²) in [4.78, 5) is 0. The van der Waals surface area contributed by atoms with Crippen LogP contribution in [0.4, 0.5) is 0 Å². The zero-order valence-electron chi connectivity index (χ0n) is 4.81. The van der Waals surface area contributed by atoms with Crippen molar-refractivity contribution in [2.45, 2.75) is 0 Å². The summed E-state index contributed by atoms with van der Waals surface area (Å²) in [5, 5.41) is 50.5. The Morgan fingerprint density at radius 2 is 0.600 bits per heavy atom. The van der Waals surface area contributed by atoms with E-state index in [9.17, 15) is 0 Å². The fraction of sp³-hybridized carbons (Fsp3) is 0. The van der Waals surface area contributed by atoms with Gasteiger partial charge in [-0.1, -0.05) is 0 Å². The Bertz CT molecular complexity index is 31.2. The third kappa shape index (κ3) is 164. The van der Waals surface area contributed by atoms with Crippen LogP contribution in [-0.2, 0) is 26.2 Å². The Balaban J connectivity index is -0.0000000300. The largest absolute Gasteiger partial charge is 4.00 e. The first-order chi connectivity index (χ1) is 3.46. The molecule has 48 valence electrons. The molecule has 0 aliphatic heterocycles. The smallest absolute Gasteiger partial charge is 0.907 e. The molecule has 0 atom stereocenters. The van der Waals surface area contributed by atoms with Crippen molar-refractivity contribution in [3.63, 3.8) is 0 Å². The number of rotatable bonds is 0. The van der Waals surface area contributed by atoms with Crippen molar-refractivity contribution in [3.05, 3.63) is 0 Å². The van der Waals surface area contributed by atoms with Crippen LogP contribution < -0.4 is 30.1 Å². The molecule has 6 nitrogen and oxygen atoms in total. The van der Waals surface area contributed by atoms with Crippen molar-refractivity contribution >= 4 is 63.5 Å². The summed E-state index contributed by atoms with van der Waals surface area (Å²) in [6.45, 7) is 0. The Labute approximate surface area is 118 Å². The van der Waals surface area contributed by atoms with Gasteiger partial charge in [0.15, 0.2) is 0 Å². The third-order valence-corrected chi connectivity index (χ3v) is 0. The minimum atomic E-state index is -2.92. The molecule has 0 fully saturated rings. The predicted molar refractivity (Wildman–Crippen MR) is 17.3 cm³/mol. The molecule has 0 aromatic carbocycles. The van der Waals surface area contributed by atoms with Gasteiger partial charge in [-0.2, -0.15) is 0 Å². The van der Waals surface area contributed by atoms with Crippen molar-refractivity contribution in [2.24, 2.45) is 0 Å². The fourth-order valence-electron chi connectivity index (χ4n) is 0. The van der Waals surface area contributed by atoms with Gasteiger partial charge in [0.1, 0.15) is 0 Å². The first-order valence-corrected chi connectivity index (χ1v) is 1.41. The minimum Gasteiger partial charge on any atom is -0.907 e. The Morgan fingerprint density at radius 1 is 0.600 bits per heavy atom. The average Bonchev–Trinajstić information content (AvgIpc) is 1.25.